The van der Waals surface area contributed by atoms with Crippen LogP contribution in [0, 0.1) is 0 Å². The highest BCUT2D eigenvalue weighted by atomic mass is 35.5. The number of rotatable bonds is 8. The predicted octanol–water partition coefficient (Wildman–Crippen LogP) is 4.89. The molecule has 0 spiro atoms. The van der Waals surface area contributed by atoms with Crippen molar-refractivity contribution in [3.63, 3.8) is 0 Å². The summed E-state index contributed by atoms with van der Waals surface area (Å²) < 4.78 is 8.16. The second kappa shape index (κ2) is 11.0. The maximum Gasteiger partial charge on any atom is 0.240 e. The number of likely N-dealkylation sites (tertiary alicyclic amines) is 1. The first-order valence-electron chi connectivity index (χ1n) is 12.0. The highest BCUT2D eigenvalue weighted by Gasteiger charge is 2.21. The van der Waals surface area contributed by atoms with Crippen LogP contribution in [0.5, 0.6) is 5.75 Å². The number of hydrogen-bond donors (Lipinski definition) is 2. The van der Waals surface area contributed by atoms with E-state index in [1.807, 2.05) is 36.4 Å². The summed E-state index contributed by atoms with van der Waals surface area (Å²) in [5.41, 5.74) is 7.05. The van der Waals surface area contributed by atoms with Crippen molar-refractivity contribution in [2.45, 2.75) is 42.0 Å². The first-order chi connectivity index (χ1) is 17.9. The van der Waals surface area contributed by atoms with Crippen LogP contribution in [0.2, 0.25) is 5.02 Å². The van der Waals surface area contributed by atoms with Gasteiger partial charge in [0, 0.05) is 36.1 Å². The summed E-state index contributed by atoms with van der Waals surface area (Å²) in [5, 5.41) is 5.39. The second-order valence-electron chi connectivity index (χ2n) is 9.06. The Hall–Kier alpha value is -3.34. The lowest BCUT2D eigenvalue weighted by Gasteiger charge is -2.29. The van der Waals surface area contributed by atoms with Gasteiger partial charge in [0.05, 0.1) is 15.9 Å². The third kappa shape index (κ3) is 5.66. The van der Waals surface area contributed by atoms with Crippen LogP contribution >= 0.6 is 23.4 Å². The molecule has 2 aromatic heterocycles. The van der Waals surface area contributed by atoms with E-state index in [9.17, 15) is 4.79 Å². The maximum atomic E-state index is 11.6. The summed E-state index contributed by atoms with van der Waals surface area (Å²) in [4.78, 5) is 28.1. The number of nitrogens with one attached hydrogen (secondary N) is 1. The molecule has 0 saturated carbocycles. The van der Waals surface area contributed by atoms with Gasteiger partial charge < -0.3 is 25.3 Å². The second-order valence-corrected chi connectivity index (χ2v) is 10.5. The first kappa shape index (κ1) is 25.3. The average molecular weight is 538 g/mol. The first-order valence-corrected chi connectivity index (χ1v) is 13.2. The number of fused-ring (bicyclic) bond motifs is 1. The van der Waals surface area contributed by atoms with Crippen LogP contribution in [0.3, 0.4) is 0 Å². The lowest BCUT2D eigenvalue weighted by Crippen LogP contribution is -2.35. The molecule has 3 N–H and O–H groups in total. The van der Waals surface area contributed by atoms with Gasteiger partial charge in [-0.25, -0.2) is 15.0 Å². The molecular formula is C26H28ClN7O2S. The third-order valence-corrected chi connectivity index (χ3v) is 7.94. The average Bonchev–Trinajstić information content (AvgIpc) is 3.35. The van der Waals surface area contributed by atoms with Crippen LogP contribution in [-0.4, -0.2) is 56.6 Å². The predicted molar refractivity (Wildman–Crippen MR) is 146 cm³/mol. The van der Waals surface area contributed by atoms with E-state index in [-0.39, 0.29) is 6.10 Å². The molecule has 192 valence electrons. The number of anilines is 2. The smallest absolute Gasteiger partial charge is 0.240 e. The van der Waals surface area contributed by atoms with Crippen molar-refractivity contribution in [1.82, 2.24) is 24.4 Å². The van der Waals surface area contributed by atoms with Crippen molar-refractivity contribution in [1.29, 1.82) is 0 Å². The summed E-state index contributed by atoms with van der Waals surface area (Å²) >= 11 is 8.01. The van der Waals surface area contributed by atoms with Gasteiger partial charge in [0.25, 0.3) is 0 Å². The molecule has 1 fully saturated rings. The quantitative estimate of drug-likeness (QED) is 0.326. The number of amides is 1. The van der Waals surface area contributed by atoms with Gasteiger partial charge in [0.15, 0.2) is 5.16 Å². The summed E-state index contributed by atoms with van der Waals surface area (Å²) in [6.45, 7) is 3.77. The summed E-state index contributed by atoms with van der Waals surface area (Å²) in [5.74, 6) is 0.987. The van der Waals surface area contributed by atoms with Crippen molar-refractivity contribution >= 4 is 51.7 Å². The third-order valence-electron chi connectivity index (χ3n) is 6.44. The van der Waals surface area contributed by atoms with Crippen molar-refractivity contribution in [2.24, 2.45) is 5.73 Å². The molecule has 9 nitrogen and oxygen atoms in total. The number of carbonyl (C=O) groups excluding carboxylic acids is 1. The SMILES string of the molecule is CC(C(N)=O)n1ccnc1Sc1ccc(Nc2ncnc3cccc(OC4CCN(C)CC4)c23)cc1Cl. The van der Waals surface area contributed by atoms with E-state index in [0.29, 0.717) is 16.0 Å². The number of nitrogens with zero attached hydrogens (tertiary/aromatic N) is 5. The Morgan fingerprint density at radius 1 is 1.22 bits per heavy atom. The van der Waals surface area contributed by atoms with Crippen molar-refractivity contribution in [3.8, 4) is 5.75 Å². The molecule has 1 amide bonds. The highest BCUT2D eigenvalue weighted by molar-refractivity contribution is 7.99. The highest BCUT2D eigenvalue weighted by Crippen LogP contribution is 2.37. The number of halogens is 1. The Balaban J connectivity index is 1.38. The van der Waals surface area contributed by atoms with Gasteiger partial charge in [-0.3, -0.25) is 4.79 Å². The summed E-state index contributed by atoms with van der Waals surface area (Å²) in [6, 6.07) is 11.0. The Morgan fingerprint density at radius 2 is 2.03 bits per heavy atom. The molecule has 37 heavy (non-hydrogen) atoms. The molecule has 3 heterocycles. The van der Waals surface area contributed by atoms with Crippen LogP contribution in [0.15, 0.2) is 65.2 Å². The Morgan fingerprint density at radius 3 is 2.78 bits per heavy atom. The molecule has 0 radical (unpaired) electrons. The van der Waals surface area contributed by atoms with Crippen molar-refractivity contribution < 1.29 is 9.53 Å². The molecule has 1 aliphatic heterocycles. The lowest BCUT2D eigenvalue weighted by molar-refractivity contribution is -0.120. The van der Waals surface area contributed by atoms with E-state index in [1.165, 1.54) is 18.1 Å². The maximum absolute atomic E-state index is 11.6. The van der Waals surface area contributed by atoms with Crippen LogP contribution in [-0.2, 0) is 4.79 Å². The summed E-state index contributed by atoms with van der Waals surface area (Å²) in [7, 11) is 2.13. The summed E-state index contributed by atoms with van der Waals surface area (Å²) in [6.07, 6.45) is 7.02. The minimum absolute atomic E-state index is 0.158. The lowest BCUT2D eigenvalue weighted by atomic mass is 10.1. The molecule has 0 aliphatic carbocycles. The van der Waals surface area contributed by atoms with Gasteiger partial charge in [0.1, 0.15) is 30.0 Å². The van der Waals surface area contributed by atoms with Crippen molar-refractivity contribution in [2.75, 3.05) is 25.5 Å². The molecule has 1 unspecified atom stereocenters. The largest absolute Gasteiger partial charge is 0.489 e. The molecule has 1 atom stereocenters. The van der Waals surface area contributed by atoms with Gasteiger partial charge in [-0.15, -0.1) is 0 Å². The van der Waals surface area contributed by atoms with Gasteiger partial charge in [-0.2, -0.15) is 0 Å². The zero-order chi connectivity index (χ0) is 25.9. The van der Waals surface area contributed by atoms with E-state index in [0.717, 1.165) is 53.2 Å². The molecule has 2 aromatic carbocycles. The molecule has 1 aliphatic rings. The fraction of sp³-hybridized carbons (Fsp3) is 0.308. The van der Waals surface area contributed by atoms with Gasteiger partial charge in [0.2, 0.25) is 5.91 Å². The molecule has 0 bridgehead atoms. The van der Waals surface area contributed by atoms with Crippen molar-refractivity contribution in [3.05, 3.63) is 60.1 Å². The van der Waals surface area contributed by atoms with E-state index < -0.39 is 11.9 Å². The molecular weight excluding hydrogens is 510 g/mol. The van der Waals surface area contributed by atoms with E-state index >= 15 is 0 Å². The van der Waals surface area contributed by atoms with Gasteiger partial charge >= 0.3 is 0 Å². The monoisotopic (exact) mass is 537 g/mol. The molecule has 4 aromatic rings. The van der Waals surface area contributed by atoms with Crippen LogP contribution < -0.4 is 15.8 Å². The number of ether oxygens (including phenoxy) is 1. The topological polar surface area (TPSA) is 111 Å². The number of aromatic nitrogens is 4. The molecule has 1 saturated heterocycles. The van der Waals surface area contributed by atoms with E-state index in [1.54, 1.807) is 23.9 Å². The number of hydrogen-bond acceptors (Lipinski definition) is 8. The zero-order valence-corrected chi connectivity index (χ0v) is 22.2. The minimum Gasteiger partial charge on any atom is -0.489 e. The number of imidazole rings is 1. The van der Waals surface area contributed by atoms with Crippen LogP contribution in [0.25, 0.3) is 10.9 Å². The van der Waals surface area contributed by atoms with E-state index in [4.69, 9.17) is 22.1 Å². The Kier molecular flexibility index (Phi) is 7.50. The number of piperidine rings is 1. The number of primary amides is 1. The normalized spacial score (nSPS) is 15.5. The van der Waals surface area contributed by atoms with Crippen LogP contribution in [0.1, 0.15) is 25.8 Å². The standard InChI is InChI=1S/C26H28ClN7O2S/c1-16(24(28)35)34-13-10-29-26(34)37-22-7-6-17(14-19(22)27)32-25-23-20(30-15-31-25)4-3-5-21(23)36-18-8-11-33(2)12-9-18/h3-7,10,13-16,18H,8-9,11-12H2,1-2H3,(H2,28,35)(H,30,31,32). The Bertz CT molecular complexity index is 1420. The van der Waals surface area contributed by atoms with Gasteiger partial charge in [-0.05, 0) is 57.1 Å². The zero-order valence-electron chi connectivity index (χ0n) is 20.6. The molecule has 11 heteroatoms. The Labute approximate surface area is 224 Å². The number of nitrogens with two attached hydrogens (primary N) is 1. The molecule has 5 rings (SSSR count). The van der Waals surface area contributed by atoms with E-state index in [2.05, 4.69) is 32.2 Å². The van der Waals surface area contributed by atoms with Gasteiger partial charge in [-0.1, -0.05) is 29.4 Å². The number of benzene rings is 2. The number of carbonyl (C=O) groups is 1. The minimum atomic E-state index is -0.512. The fourth-order valence-corrected chi connectivity index (χ4v) is 5.48. The van der Waals surface area contributed by atoms with Crippen LogP contribution in [0.4, 0.5) is 11.5 Å². The fourth-order valence-electron chi connectivity index (χ4n) is 4.26.